The molecule has 100 valence electrons. The van der Waals surface area contributed by atoms with Gasteiger partial charge in [0.05, 0.1) is 6.61 Å². The van der Waals surface area contributed by atoms with E-state index in [1.54, 1.807) is 19.3 Å². The molecule has 0 atom stereocenters. The summed E-state index contributed by atoms with van der Waals surface area (Å²) < 4.78 is 4.81. The van der Waals surface area contributed by atoms with E-state index in [0.29, 0.717) is 0 Å². The summed E-state index contributed by atoms with van der Waals surface area (Å²) in [4.78, 5) is 15.7. The van der Waals surface area contributed by atoms with Crippen molar-refractivity contribution in [1.82, 2.24) is 5.32 Å². The van der Waals surface area contributed by atoms with Crippen molar-refractivity contribution < 1.29 is 9.53 Å². The van der Waals surface area contributed by atoms with Crippen molar-refractivity contribution in [3.8, 4) is 6.07 Å². The first kappa shape index (κ1) is 13.6. The molecule has 2 rings (SSSR count). The third-order valence-corrected chi connectivity index (χ3v) is 2.63. The van der Waals surface area contributed by atoms with E-state index in [-0.39, 0.29) is 18.0 Å². The molecule has 20 heavy (non-hydrogen) atoms. The Morgan fingerprint density at radius 3 is 2.70 bits per heavy atom. The molecule has 0 radical (unpaired) electrons. The number of nitrogens with one attached hydrogen (secondary N) is 1. The van der Waals surface area contributed by atoms with Crippen molar-refractivity contribution in [3.05, 3.63) is 53.5 Å². The van der Waals surface area contributed by atoms with Crippen LogP contribution in [-0.2, 0) is 9.53 Å². The van der Waals surface area contributed by atoms with Gasteiger partial charge in [-0.1, -0.05) is 30.3 Å². The molecule has 0 aliphatic carbocycles. The summed E-state index contributed by atoms with van der Waals surface area (Å²) in [7, 11) is 0. The number of rotatable bonds is 3. The fourth-order valence-electron chi connectivity index (χ4n) is 1.68. The maximum atomic E-state index is 11.6. The van der Waals surface area contributed by atoms with E-state index in [2.05, 4.69) is 10.3 Å². The van der Waals surface area contributed by atoms with Gasteiger partial charge < -0.3 is 10.1 Å². The lowest BCUT2D eigenvalue weighted by molar-refractivity contribution is -0.138. The highest BCUT2D eigenvalue weighted by atomic mass is 16.5. The summed E-state index contributed by atoms with van der Waals surface area (Å²) in [5.74, 6) is -0.475. The fourth-order valence-corrected chi connectivity index (χ4v) is 1.68. The Balaban J connectivity index is 2.22. The number of carbonyl (C=O) groups is 1. The first-order valence-corrected chi connectivity index (χ1v) is 6.14. The quantitative estimate of drug-likeness (QED) is 0.516. The Kier molecular flexibility index (Phi) is 4.30. The van der Waals surface area contributed by atoms with Gasteiger partial charge in [0.2, 0.25) is 0 Å². The lowest BCUT2D eigenvalue weighted by Gasteiger charge is -2.12. The smallest absolute Gasteiger partial charge is 0.352 e. The van der Waals surface area contributed by atoms with Crippen molar-refractivity contribution in [1.29, 1.82) is 5.26 Å². The second-order valence-electron chi connectivity index (χ2n) is 3.92. The van der Waals surface area contributed by atoms with Crippen LogP contribution in [0.25, 0.3) is 5.57 Å². The number of carbonyl (C=O) groups excluding carboxylic acids is 1. The van der Waals surface area contributed by atoms with Gasteiger partial charge >= 0.3 is 5.97 Å². The molecule has 1 aromatic rings. The highest BCUT2D eigenvalue weighted by Gasteiger charge is 2.17. The molecular weight excluding hydrogens is 254 g/mol. The first-order chi connectivity index (χ1) is 9.76. The van der Waals surface area contributed by atoms with Gasteiger partial charge in [-0.15, -0.1) is 0 Å². The van der Waals surface area contributed by atoms with E-state index < -0.39 is 5.97 Å². The second kappa shape index (κ2) is 6.34. The van der Waals surface area contributed by atoms with Gasteiger partial charge in [-0.25, -0.2) is 9.79 Å². The van der Waals surface area contributed by atoms with Crippen LogP contribution in [-0.4, -0.2) is 18.8 Å². The Hall–Kier alpha value is -2.87. The second-order valence-corrected chi connectivity index (χ2v) is 3.92. The maximum Gasteiger partial charge on any atom is 0.352 e. The molecule has 1 aromatic carbocycles. The molecule has 0 unspecified atom stereocenters. The summed E-state index contributed by atoms with van der Waals surface area (Å²) in [6.45, 7) is 1.90. The van der Waals surface area contributed by atoms with Gasteiger partial charge in [0, 0.05) is 18.0 Å². The van der Waals surface area contributed by atoms with Gasteiger partial charge in [0.25, 0.3) is 0 Å². The van der Waals surface area contributed by atoms with Crippen LogP contribution in [0, 0.1) is 11.3 Å². The number of nitriles is 1. The predicted molar refractivity (Wildman–Crippen MR) is 75.3 cm³/mol. The molecule has 0 saturated heterocycles. The number of esters is 1. The minimum atomic E-state index is -0.675. The molecule has 0 fully saturated rings. The number of allylic oxidation sites excluding steroid dienone is 1. The van der Waals surface area contributed by atoms with E-state index in [9.17, 15) is 4.79 Å². The van der Waals surface area contributed by atoms with Gasteiger partial charge in [-0.3, -0.25) is 0 Å². The van der Waals surface area contributed by atoms with Crippen LogP contribution in [0.15, 0.2) is 52.9 Å². The van der Waals surface area contributed by atoms with Crippen molar-refractivity contribution in [2.45, 2.75) is 6.92 Å². The molecule has 0 saturated carbocycles. The molecule has 5 nitrogen and oxygen atoms in total. The van der Waals surface area contributed by atoms with Crippen LogP contribution in [0.3, 0.4) is 0 Å². The van der Waals surface area contributed by atoms with Crippen molar-refractivity contribution in [3.63, 3.8) is 0 Å². The number of hydrogen-bond donors (Lipinski definition) is 1. The SMILES string of the molecule is CCOC(=O)C(C#N)=C1N=CC(c2ccccc2)=CN1. The number of nitrogens with zero attached hydrogens (tertiary/aromatic N) is 2. The molecule has 0 spiro atoms. The monoisotopic (exact) mass is 267 g/mol. The van der Waals surface area contributed by atoms with E-state index in [4.69, 9.17) is 10.00 Å². The summed E-state index contributed by atoms with van der Waals surface area (Å²) in [6, 6.07) is 11.5. The summed E-state index contributed by atoms with van der Waals surface area (Å²) in [5.41, 5.74) is 1.74. The standard InChI is InChI=1S/C15H13N3O2/c1-2-20-15(19)13(8-16)14-17-9-12(10-18-14)11-6-4-3-5-7-11/h3-7,9-10,17H,2H2,1H3. The molecule has 0 amide bonds. The van der Waals surface area contributed by atoms with Gasteiger partial charge in [0.15, 0.2) is 11.4 Å². The highest BCUT2D eigenvalue weighted by molar-refractivity contribution is 6.11. The van der Waals surface area contributed by atoms with Gasteiger partial charge in [-0.2, -0.15) is 5.26 Å². The largest absolute Gasteiger partial charge is 0.462 e. The molecule has 0 aromatic heterocycles. The number of aliphatic imine (C=N–C) groups is 1. The third kappa shape index (κ3) is 2.93. The third-order valence-electron chi connectivity index (χ3n) is 2.63. The van der Waals surface area contributed by atoms with Gasteiger partial charge in [-0.05, 0) is 12.5 Å². The number of benzene rings is 1. The zero-order chi connectivity index (χ0) is 14.4. The summed E-state index contributed by atoms with van der Waals surface area (Å²) in [5, 5.41) is 11.9. The van der Waals surface area contributed by atoms with E-state index in [1.807, 2.05) is 36.4 Å². The van der Waals surface area contributed by atoms with Crippen LogP contribution in [0.4, 0.5) is 0 Å². The summed E-state index contributed by atoms with van der Waals surface area (Å²) in [6.07, 6.45) is 3.31. The number of ether oxygens (including phenoxy) is 1. The molecular formula is C15H13N3O2. The van der Waals surface area contributed by atoms with Crippen LogP contribution in [0.1, 0.15) is 12.5 Å². The van der Waals surface area contributed by atoms with E-state index in [0.717, 1.165) is 11.1 Å². The van der Waals surface area contributed by atoms with E-state index >= 15 is 0 Å². The minimum Gasteiger partial charge on any atom is -0.462 e. The van der Waals surface area contributed by atoms with Crippen molar-refractivity contribution in [2.24, 2.45) is 4.99 Å². The molecule has 1 aliphatic rings. The lowest BCUT2D eigenvalue weighted by atomic mass is 10.1. The Labute approximate surface area is 116 Å². The van der Waals surface area contributed by atoms with Gasteiger partial charge in [0.1, 0.15) is 6.07 Å². The zero-order valence-electron chi connectivity index (χ0n) is 11.0. The van der Waals surface area contributed by atoms with E-state index in [1.165, 1.54) is 0 Å². The summed E-state index contributed by atoms with van der Waals surface area (Å²) >= 11 is 0. The topological polar surface area (TPSA) is 74.5 Å². The zero-order valence-corrected chi connectivity index (χ0v) is 11.0. The van der Waals surface area contributed by atoms with Crippen LogP contribution < -0.4 is 5.32 Å². The Morgan fingerprint density at radius 1 is 1.40 bits per heavy atom. The average molecular weight is 267 g/mol. The normalized spacial score (nSPS) is 15.7. The lowest BCUT2D eigenvalue weighted by Crippen LogP contribution is -2.17. The molecule has 1 aliphatic heterocycles. The average Bonchev–Trinajstić information content (AvgIpc) is 2.50. The molecule has 5 heteroatoms. The highest BCUT2D eigenvalue weighted by Crippen LogP contribution is 2.16. The number of hydrogen-bond acceptors (Lipinski definition) is 5. The predicted octanol–water partition coefficient (Wildman–Crippen LogP) is 2.00. The van der Waals surface area contributed by atoms with Crippen molar-refractivity contribution in [2.75, 3.05) is 6.61 Å². The fraction of sp³-hybridized carbons (Fsp3) is 0.133. The van der Waals surface area contributed by atoms with Crippen molar-refractivity contribution >= 4 is 17.8 Å². The minimum absolute atomic E-state index is 0.133. The maximum absolute atomic E-state index is 11.6. The van der Waals surface area contributed by atoms with Crippen LogP contribution >= 0.6 is 0 Å². The van der Waals surface area contributed by atoms with Crippen LogP contribution in [0.5, 0.6) is 0 Å². The van der Waals surface area contributed by atoms with Crippen LogP contribution in [0.2, 0.25) is 0 Å². The molecule has 1 N–H and O–H groups in total. The first-order valence-electron chi connectivity index (χ1n) is 6.14. The Bertz CT molecular complexity index is 637. The molecule has 0 bridgehead atoms. The Morgan fingerprint density at radius 2 is 2.15 bits per heavy atom. The molecule has 1 heterocycles.